The van der Waals surface area contributed by atoms with Crippen molar-refractivity contribution in [3.63, 3.8) is 0 Å². The van der Waals surface area contributed by atoms with Gasteiger partial charge in [0.1, 0.15) is 35.6 Å². The van der Waals surface area contributed by atoms with Crippen LogP contribution in [0.25, 0.3) is 33.5 Å². The van der Waals surface area contributed by atoms with Crippen LogP contribution in [-0.2, 0) is 11.3 Å². The van der Waals surface area contributed by atoms with Crippen molar-refractivity contribution in [2.24, 2.45) is 5.73 Å². The smallest absolute Gasteiger partial charge is 0.337 e. The number of amidine groups is 1. The molecule has 0 amide bonds. The maximum Gasteiger partial charge on any atom is 0.337 e. The summed E-state index contributed by atoms with van der Waals surface area (Å²) in [6.07, 6.45) is 0. The summed E-state index contributed by atoms with van der Waals surface area (Å²) < 4.78 is 31.4. The molecule has 4 aromatic carbocycles. The molecule has 0 aliphatic carbocycles. The summed E-state index contributed by atoms with van der Waals surface area (Å²) in [5.74, 6) is 0.0120. The van der Waals surface area contributed by atoms with Crippen molar-refractivity contribution >= 4 is 22.8 Å². The van der Waals surface area contributed by atoms with Gasteiger partial charge >= 0.3 is 5.97 Å². The molecule has 0 saturated heterocycles. The van der Waals surface area contributed by atoms with Gasteiger partial charge in [-0.25, -0.2) is 14.2 Å². The fourth-order valence-corrected chi connectivity index (χ4v) is 4.32. The van der Waals surface area contributed by atoms with Crippen molar-refractivity contribution in [1.82, 2.24) is 9.97 Å². The van der Waals surface area contributed by atoms with E-state index >= 15 is 0 Å². The molecular weight excluding hydrogens is 499 g/mol. The Hall–Kier alpha value is -5.18. The number of nitrogen functional groups attached to an aromatic ring is 1. The average Bonchev–Trinajstić information content (AvgIpc) is 3.39. The minimum absolute atomic E-state index is 0.0758. The number of nitrogens with two attached hydrogens (primary N) is 1. The van der Waals surface area contributed by atoms with Crippen LogP contribution in [0.4, 0.5) is 4.39 Å². The first kappa shape index (κ1) is 25.5. The zero-order valence-electron chi connectivity index (χ0n) is 21.2. The lowest BCUT2D eigenvalue weighted by molar-refractivity contribution is 0.0600. The number of esters is 1. The standard InChI is InChI=1S/C30H25FN4O4/c1-37-26-11-9-20(31)15-21(26)22-12-19(30(36)38-2)13-23(27(22)39-16-17-6-4-3-5-7-17)29-34-24-10-8-18(28(32)33)14-25(24)35-29/h3-15H,16H2,1-2H3,(H3,32,33)(H,34,35). The van der Waals surface area contributed by atoms with Crippen molar-refractivity contribution in [2.75, 3.05) is 14.2 Å². The maximum absolute atomic E-state index is 14.5. The highest BCUT2D eigenvalue weighted by Crippen LogP contribution is 2.44. The number of hydrogen-bond donors (Lipinski definition) is 3. The normalized spacial score (nSPS) is 10.8. The van der Waals surface area contributed by atoms with Crippen LogP contribution in [0.15, 0.2) is 78.9 Å². The van der Waals surface area contributed by atoms with Crippen LogP contribution in [-0.4, -0.2) is 36.0 Å². The quantitative estimate of drug-likeness (QED) is 0.136. The zero-order chi connectivity index (χ0) is 27.5. The van der Waals surface area contributed by atoms with Crippen LogP contribution in [0, 0.1) is 11.2 Å². The number of aromatic nitrogens is 2. The Kier molecular flexibility index (Phi) is 6.96. The van der Waals surface area contributed by atoms with Gasteiger partial charge in [0.15, 0.2) is 0 Å². The van der Waals surface area contributed by atoms with Gasteiger partial charge in [-0.05, 0) is 54.1 Å². The summed E-state index contributed by atoms with van der Waals surface area (Å²) >= 11 is 0. The van der Waals surface area contributed by atoms with Crippen molar-refractivity contribution in [3.8, 4) is 34.0 Å². The number of fused-ring (bicyclic) bond motifs is 1. The predicted octanol–water partition coefficient (Wildman–Crippen LogP) is 5.69. The molecule has 9 heteroatoms. The molecule has 1 heterocycles. The Morgan fingerprint density at radius 1 is 0.949 bits per heavy atom. The lowest BCUT2D eigenvalue weighted by Gasteiger charge is -2.19. The molecule has 0 spiro atoms. The van der Waals surface area contributed by atoms with Crippen LogP contribution in [0.5, 0.6) is 11.5 Å². The topological polar surface area (TPSA) is 123 Å². The van der Waals surface area contributed by atoms with E-state index < -0.39 is 11.8 Å². The first-order chi connectivity index (χ1) is 18.9. The SMILES string of the molecule is COC(=O)c1cc(-c2nc3ccc(C(=N)N)cc3[nH]2)c(OCc2ccccc2)c(-c2cc(F)ccc2OC)c1. The van der Waals surface area contributed by atoms with Gasteiger partial charge in [0, 0.05) is 16.7 Å². The second kappa shape index (κ2) is 10.7. The Balaban J connectivity index is 1.78. The van der Waals surface area contributed by atoms with E-state index in [0.717, 1.165) is 5.56 Å². The number of carbonyl (C=O) groups excluding carboxylic acids is 1. The molecular formula is C30H25FN4O4. The number of nitrogens with one attached hydrogen (secondary N) is 2. The first-order valence-electron chi connectivity index (χ1n) is 12.0. The molecule has 39 heavy (non-hydrogen) atoms. The molecule has 4 N–H and O–H groups in total. The van der Waals surface area contributed by atoms with Gasteiger partial charge in [-0.2, -0.15) is 0 Å². The van der Waals surface area contributed by atoms with E-state index in [9.17, 15) is 9.18 Å². The van der Waals surface area contributed by atoms with Crippen LogP contribution < -0.4 is 15.2 Å². The van der Waals surface area contributed by atoms with Crippen molar-refractivity contribution in [1.29, 1.82) is 5.41 Å². The number of halogens is 1. The number of H-pyrrole nitrogens is 1. The number of ether oxygens (including phenoxy) is 3. The van der Waals surface area contributed by atoms with E-state index in [2.05, 4.69) is 4.98 Å². The number of hydrogen-bond acceptors (Lipinski definition) is 6. The highest BCUT2D eigenvalue weighted by molar-refractivity contribution is 5.99. The summed E-state index contributed by atoms with van der Waals surface area (Å²) in [5.41, 5.74) is 9.86. The third kappa shape index (κ3) is 5.15. The third-order valence-electron chi connectivity index (χ3n) is 6.24. The van der Waals surface area contributed by atoms with Gasteiger partial charge in [-0.3, -0.25) is 5.41 Å². The van der Waals surface area contributed by atoms with Gasteiger partial charge in [0.25, 0.3) is 0 Å². The van der Waals surface area contributed by atoms with Gasteiger partial charge in [-0.1, -0.05) is 30.3 Å². The molecule has 0 unspecified atom stereocenters. The van der Waals surface area contributed by atoms with Gasteiger partial charge in [-0.15, -0.1) is 0 Å². The fraction of sp³-hybridized carbons (Fsp3) is 0.100. The molecule has 196 valence electrons. The first-order valence-corrected chi connectivity index (χ1v) is 12.0. The summed E-state index contributed by atoms with van der Waals surface area (Å²) in [4.78, 5) is 20.7. The molecule has 1 aromatic heterocycles. The molecule has 0 radical (unpaired) electrons. The lowest BCUT2D eigenvalue weighted by Crippen LogP contribution is -2.10. The van der Waals surface area contributed by atoms with Crippen molar-refractivity contribution in [3.05, 3.63) is 101 Å². The van der Waals surface area contributed by atoms with Crippen LogP contribution in [0.1, 0.15) is 21.5 Å². The summed E-state index contributed by atoms with van der Waals surface area (Å²) in [6.45, 7) is 0.199. The number of benzene rings is 4. The minimum Gasteiger partial charge on any atom is -0.496 e. The van der Waals surface area contributed by atoms with Crippen molar-refractivity contribution in [2.45, 2.75) is 6.61 Å². The van der Waals surface area contributed by atoms with E-state index in [1.165, 1.54) is 32.4 Å². The second-order valence-corrected chi connectivity index (χ2v) is 8.74. The predicted molar refractivity (Wildman–Crippen MR) is 147 cm³/mol. The number of carbonyl (C=O) groups is 1. The molecule has 5 rings (SSSR count). The molecule has 0 bridgehead atoms. The van der Waals surface area contributed by atoms with E-state index in [0.29, 0.717) is 50.6 Å². The zero-order valence-corrected chi connectivity index (χ0v) is 21.2. The minimum atomic E-state index is -0.586. The highest BCUT2D eigenvalue weighted by Gasteiger charge is 2.23. The largest absolute Gasteiger partial charge is 0.496 e. The molecule has 0 fully saturated rings. The molecule has 0 saturated carbocycles. The number of methoxy groups -OCH3 is 2. The van der Waals surface area contributed by atoms with Gasteiger partial charge in [0.2, 0.25) is 0 Å². The monoisotopic (exact) mass is 524 g/mol. The van der Waals surface area contributed by atoms with Crippen LogP contribution in [0.3, 0.4) is 0 Å². The summed E-state index contributed by atoms with van der Waals surface area (Å²) in [6, 6.07) is 22.1. The van der Waals surface area contributed by atoms with E-state index in [4.69, 9.17) is 30.3 Å². The Labute approximate surface area is 223 Å². The molecule has 0 aliphatic rings. The highest BCUT2D eigenvalue weighted by atomic mass is 19.1. The summed E-state index contributed by atoms with van der Waals surface area (Å²) in [5, 5.41) is 7.76. The molecule has 5 aromatic rings. The Bertz CT molecular complexity index is 1700. The average molecular weight is 525 g/mol. The molecule has 8 nitrogen and oxygen atoms in total. The van der Waals surface area contributed by atoms with Gasteiger partial charge in [0.05, 0.1) is 36.4 Å². The summed E-state index contributed by atoms with van der Waals surface area (Å²) in [7, 11) is 2.77. The fourth-order valence-electron chi connectivity index (χ4n) is 4.32. The Morgan fingerprint density at radius 2 is 1.72 bits per heavy atom. The van der Waals surface area contributed by atoms with Gasteiger partial charge < -0.3 is 24.9 Å². The maximum atomic E-state index is 14.5. The van der Waals surface area contributed by atoms with Crippen LogP contribution in [0.2, 0.25) is 0 Å². The number of nitrogens with zero attached hydrogens (tertiary/aromatic N) is 1. The number of rotatable bonds is 8. The molecule has 0 atom stereocenters. The molecule has 0 aliphatic heterocycles. The third-order valence-corrected chi connectivity index (χ3v) is 6.24. The van der Waals surface area contributed by atoms with Crippen LogP contribution >= 0.6 is 0 Å². The number of aromatic amines is 1. The lowest BCUT2D eigenvalue weighted by atomic mass is 9.96. The second-order valence-electron chi connectivity index (χ2n) is 8.74. The van der Waals surface area contributed by atoms with E-state index in [1.807, 2.05) is 30.3 Å². The Morgan fingerprint density at radius 3 is 2.44 bits per heavy atom. The van der Waals surface area contributed by atoms with Crippen molar-refractivity contribution < 1.29 is 23.4 Å². The van der Waals surface area contributed by atoms with E-state index in [1.54, 1.807) is 30.3 Å². The number of imidazole rings is 1. The van der Waals surface area contributed by atoms with E-state index in [-0.39, 0.29) is 18.0 Å².